The van der Waals surface area contributed by atoms with Gasteiger partial charge in [-0.05, 0) is 49.1 Å². The molecule has 0 unspecified atom stereocenters. The number of carbonyl (C=O) groups excluding carboxylic acids is 2. The number of rotatable bonds is 8. The molecular weight excluding hydrogens is 391 g/mol. The molecule has 8 heteroatoms. The number of hydrogen-bond donors (Lipinski definition) is 4. The Kier molecular flexibility index (Phi) is 7.74. The van der Waals surface area contributed by atoms with Crippen LogP contribution >= 0.6 is 11.3 Å². The van der Waals surface area contributed by atoms with Gasteiger partial charge in [0.2, 0.25) is 0 Å². The summed E-state index contributed by atoms with van der Waals surface area (Å²) in [5.74, 6) is -0.305. The molecule has 6 nitrogen and oxygen atoms in total. The first-order chi connectivity index (χ1) is 14.0. The van der Waals surface area contributed by atoms with Crippen LogP contribution in [0, 0.1) is 5.82 Å². The molecule has 2 aromatic rings. The van der Waals surface area contributed by atoms with E-state index in [-0.39, 0.29) is 23.7 Å². The number of halogens is 1. The first kappa shape index (κ1) is 21.4. The van der Waals surface area contributed by atoms with Gasteiger partial charge in [0.1, 0.15) is 32.0 Å². The molecule has 2 heterocycles. The average molecular weight is 421 g/mol. The standard InChI is InChI=1S/C21H27FN4O2S/c1-16(21(28)23-9-8-19-3-2-14-29-19)26-12-10-25(11-13-26)15-20(27)24-18-6-4-17(22)5-7-18/h2-7,14,16H,8-13,15H2,1H3,(H,23,28)(H,24,27)/p+2/t16-/m0/s1. The quantitative estimate of drug-likeness (QED) is 0.459. The van der Waals surface area contributed by atoms with E-state index in [2.05, 4.69) is 16.7 Å². The van der Waals surface area contributed by atoms with Crippen LogP contribution in [-0.2, 0) is 16.0 Å². The largest absolute Gasteiger partial charge is 0.351 e. The van der Waals surface area contributed by atoms with Crippen LogP contribution in [0.3, 0.4) is 0 Å². The van der Waals surface area contributed by atoms with E-state index < -0.39 is 0 Å². The first-order valence-corrected chi connectivity index (χ1v) is 10.9. The Hall–Kier alpha value is -2.29. The zero-order valence-electron chi connectivity index (χ0n) is 16.7. The number of piperazine rings is 1. The summed E-state index contributed by atoms with van der Waals surface area (Å²) in [6.45, 7) is 6.43. The Labute approximate surface area is 174 Å². The van der Waals surface area contributed by atoms with Gasteiger partial charge in [-0.2, -0.15) is 0 Å². The van der Waals surface area contributed by atoms with Crippen molar-refractivity contribution in [3.8, 4) is 0 Å². The van der Waals surface area contributed by atoms with E-state index in [9.17, 15) is 14.0 Å². The molecule has 1 aliphatic heterocycles. The third kappa shape index (κ3) is 6.62. The smallest absolute Gasteiger partial charge is 0.279 e. The van der Waals surface area contributed by atoms with Crippen LogP contribution in [0.2, 0.25) is 0 Å². The zero-order chi connectivity index (χ0) is 20.6. The van der Waals surface area contributed by atoms with Crippen molar-refractivity contribution < 1.29 is 23.8 Å². The average Bonchev–Trinajstić information content (AvgIpc) is 3.23. The molecule has 0 saturated carbocycles. The number of benzene rings is 1. The van der Waals surface area contributed by atoms with Crippen LogP contribution < -0.4 is 20.4 Å². The molecule has 1 atom stereocenters. The van der Waals surface area contributed by atoms with E-state index in [1.165, 1.54) is 26.8 Å². The van der Waals surface area contributed by atoms with E-state index in [0.717, 1.165) is 32.6 Å². The van der Waals surface area contributed by atoms with Crippen molar-refractivity contribution in [1.29, 1.82) is 0 Å². The van der Waals surface area contributed by atoms with E-state index in [4.69, 9.17) is 0 Å². The Morgan fingerprint density at radius 3 is 2.52 bits per heavy atom. The van der Waals surface area contributed by atoms with Crippen molar-refractivity contribution in [2.45, 2.75) is 19.4 Å². The van der Waals surface area contributed by atoms with Gasteiger partial charge in [-0.15, -0.1) is 11.3 Å². The summed E-state index contributed by atoms with van der Waals surface area (Å²) in [6.07, 6.45) is 0.868. The molecule has 3 rings (SSSR count). The molecule has 0 bridgehead atoms. The van der Waals surface area contributed by atoms with Gasteiger partial charge in [-0.3, -0.25) is 9.59 Å². The number of quaternary nitrogens is 2. The molecule has 1 aromatic carbocycles. The second-order valence-electron chi connectivity index (χ2n) is 7.48. The Morgan fingerprint density at radius 2 is 1.86 bits per heavy atom. The van der Waals surface area contributed by atoms with Crippen molar-refractivity contribution in [2.75, 3.05) is 44.6 Å². The summed E-state index contributed by atoms with van der Waals surface area (Å²) >= 11 is 1.71. The maximum Gasteiger partial charge on any atom is 0.279 e. The van der Waals surface area contributed by atoms with Crippen LogP contribution in [0.4, 0.5) is 10.1 Å². The van der Waals surface area contributed by atoms with Crippen molar-refractivity contribution in [1.82, 2.24) is 5.32 Å². The Bertz CT molecular complexity index is 790. The number of nitrogens with one attached hydrogen (secondary N) is 4. The van der Waals surface area contributed by atoms with Gasteiger partial charge in [-0.25, -0.2) is 4.39 Å². The predicted octanol–water partition coefficient (Wildman–Crippen LogP) is -0.643. The molecule has 1 aromatic heterocycles. The Morgan fingerprint density at radius 1 is 1.14 bits per heavy atom. The predicted molar refractivity (Wildman–Crippen MR) is 112 cm³/mol. The van der Waals surface area contributed by atoms with E-state index in [0.29, 0.717) is 18.8 Å². The maximum atomic E-state index is 12.9. The topological polar surface area (TPSA) is 67.1 Å². The van der Waals surface area contributed by atoms with Gasteiger partial charge in [0.25, 0.3) is 11.8 Å². The number of amides is 2. The van der Waals surface area contributed by atoms with Crippen LogP contribution in [0.5, 0.6) is 0 Å². The van der Waals surface area contributed by atoms with Crippen molar-refractivity contribution in [3.05, 3.63) is 52.5 Å². The normalized spacial score (nSPS) is 20.1. The number of thiophene rings is 1. The highest BCUT2D eigenvalue weighted by Crippen LogP contribution is 2.08. The number of hydrogen-bond acceptors (Lipinski definition) is 3. The van der Waals surface area contributed by atoms with Crippen molar-refractivity contribution >= 4 is 28.8 Å². The minimum Gasteiger partial charge on any atom is -0.351 e. The molecule has 0 aliphatic carbocycles. The molecule has 0 radical (unpaired) electrons. The van der Waals surface area contributed by atoms with Crippen molar-refractivity contribution in [2.24, 2.45) is 0 Å². The second kappa shape index (κ2) is 10.5. The van der Waals surface area contributed by atoms with Gasteiger partial charge < -0.3 is 20.4 Å². The molecule has 1 fully saturated rings. The van der Waals surface area contributed by atoms with Gasteiger partial charge in [0, 0.05) is 17.1 Å². The number of carbonyl (C=O) groups is 2. The fraction of sp³-hybridized carbons (Fsp3) is 0.429. The lowest BCUT2D eigenvalue weighted by Gasteiger charge is -2.32. The fourth-order valence-electron chi connectivity index (χ4n) is 3.60. The van der Waals surface area contributed by atoms with Gasteiger partial charge >= 0.3 is 0 Å². The van der Waals surface area contributed by atoms with Crippen LogP contribution in [0.15, 0.2) is 41.8 Å². The van der Waals surface area contributed by atoms with Crippen LogP contribution in [0.25, 0.3) is 0 Å². The third-order valence-corrected chi connectivity index (χ3v) is 6.33. The van der Waals surface area contributed by atoms with Crippen LogP contribution in [0.1, 0.15) is 11.8 Å². The van der Waals surface area contributed by atoms with Gasteiger partial charge in [-0.1, -0.05) is 6.07 Å². The lowest BCUT2D eigenvalue weighted by Crippen LogP contribution is -3.30. The van der Waals surface area contributed by atoms with E-state index >= 15 is 0 Å². The molecule has 1 saturated heterocycles. The molecule has 2 amide bonds. The van der Waals surface area contributed by atoms with Gasteiger partial charge in [0.05, 0.1) is 0 Å². The second-order valence-corrected chi connectivity index (χ2v) is 8.51. The SMILES string of the molecule is C[C@@H](C(=O)NCCc1cccs1)[NH+]1CC[NH+](CC(=O)Nc2ccc(F)cc2)CC1. The minimum atomic E-state index is -0.322. The highest BCUT2D eigenvalue weighted by molar-refractivity contribution is 7.09. The summed E-state index contributed by atoms with van der Waals surface area (Å²) < 4.78 is 12.9. The molecule has 1 aliphatic rings. The molecular formula is C21H29FN4O2S+2. The van der Waals surface area contributed by atoms with Gasteiger partial charge in [0.15, 0.2) is 12.6 Å². The van der Waals surface area contributed by atoms with Crippen LogP contribution in [-0.4, -0.2) is 57.1 Å². The first-order valence-electron chi connectivity index (χ1n) is 10.0. The summed E-state index contributed by atoms with van der Waals surface area (Å²) in [4.78, 5) is 28.4. The maximum absolute atomic E-state index is 12.9. The lowest BCUT2D eigenvalue weighted by molar-refractivity contribution is -1.01. The van der Waals surface area contributed by atoms with E-state index in [1.54, 1.807) is 23.5 Å². The fourth-order valence-corrected chi connectivity index (χ4v) is 4.31. The molecule has 156 valence electrons. The van der Waals surface area contributed by atoms with Crippen molar-refractivity contribution in [3.63, 3.8) is 0 Å². The summed E-state index contributed by atoms with van der Waals surface area (Å²) in [5.41, 5.74) is 0.605. The summed E-state index contributed by atoms with van der Waals surface area (Å²) in [5, 5.41) is 7.90. The molecule has 4 N–H and O–H groups in total. The molecule has 29 heavy (non-hydrogen) atoms. The third-order valence-electron chi connectivity index (χ3n) is 5.39. The lowest BCUT2D eigenvalue weighted by atomic mass is 10.2. The summed E-state index contributed by atoms with van der Waals surface area (Å²) in [6, 6.07) is 9.80. The summed E-state index contributed by atoms with van der Waals surface area (Å²) in [7, 11) is 0. The highest BCUT2D eigenvalue weighted by Gasteiger charge is 2.31. The highest BCUT2D eigenvalue weighted by atomic mass is 32.1. The minimum absolute atomic E-state index is 0.0746. The number of anilines is 1. The Balaban J connectivity index is 1.36. The van der Waals surface area contributed by atoms with E-state index in [1.807, 2.05) is 18.4 Å². The zero-order valence-corrected chi connectivity index (χ0v) is 17.5. The monoisotopic (exact) mass is 420 g/mol. The molecule has 0 spiro atoms.